The Morgan fingerprint density at radius 3 is 1.87 bits per heavy atom. The first-order chi connectivity index (χ1) is 22.1. The number of hydrogen-bond donors (Lipinski definition) is 0. The van der Waals surface area contributed by atoms with Crippen molar-refractivity contribution in [3.05, 3.63) is 46.9 Å². The lowest BCUT2D eigenvalue weighted by Gasteiger charge is -2.25. The molecule has 5 rings (SSSR count). The zero-order valence-electron chi connectivity index (χ0n) is 25.5. The molecule has 1 aliphatic rings. The molecule has 1 fully saturated rings. The molecule has 0 aliphatic carbocycles. The molecule has 3 heterocycles. The van der Waals surface area contributed by atoms with Crippen molar-refractivity contribution < 1.29 is 64.0 Å². The predicted octanol–water partition coefficient (Wildman–Crippen LogP) is 3.80. The van der Waals surface area contributed by atoms with Crippen molar-refractivity contribution in [2.45, 2.75) is 27.0 Å². The summed E-state index contributed by atoms with van der Waals surface area (Å²) in [6, 6.07) is 5.55. The van der Waals surface area contributed by atoms with Crippen molar-refractivity contribution in [1.29, 1.82) is 0 Å². The average Bonchev–Trinajstić information content (AvgIpc) is 3.55. The van der Waals surface area contributed by atoms with Crippen LogP contribution in [0.25, 0.3) is 21.9 Å². The minimum absolute atomic E-state index is 0.00519. The summed E-state index contributed by atoms with van der Waals surface area (Å²) in [7, 11) is -2.50. The Morgan fingerprint density at radius 2 is 1.33 bits per heavy atom. The fourth-order valence-corrected chi connectivity index (χ4v) is 5.44. The number of fused-ring (bicyclic) bond motifs is 2. The van der Waals surface area contributed by atoms with Crippen LogP contribution in [-0.2, 0) is 37.8 Å². The number of carbonyl (C=O) groups is 2. The first-order valence-corrected chi connectivity index (χ1v) is 15.6. The van der Waals surface area contributed by atoms with E-state index < -0.39 is 28.1 Å². The minimum atomic E-state index is -5.17. The lowest BCUT2D eigenvalue weighted by molar-refractivity contribution is 0.0309. The molecule has 0 radical (unpaired) electrons. The molecule has 0 amide bonds. The number of furan rings is 2. The predicted molar refractivity (Wildman–Crippen MR) is 158 cm³/mol. The Balaban J connectivity index is 1.55. The molecule has 16 heteroatoms. The normalized spacial score (nSPS) is 13.9. The SMILES string of the molecule is CCOC(=O)c1c(COc2cc3c(C(=O)OCC)c(CN4CCOCC4)oc3cc2OC)oc2cc(OC)c(OS(=O)(=O)[O-])cc12. The third kappa shape index (κ3) is 6.99. The molecule has 1 saturated heterocycles. The number of esters is 2. The second-order valence-corrected chi connectivity index (χ2v) is 10.9. The third-order valence-corrected chi connectivity index (χ3v) is 7.46. The van der Waals surface area contributed by atoms with Gasteiger partial charge in [-0.3, -0.25) is 4.90 Å². The van der Waals surface area contributed by atoms with Crippen LogP contribution in [0.1, 0.15) is 46.1 Å². The van der Waals surface area contributed by atoms with E-state index in [1.54, 1.807) is 26.0 Å². The largest absolute Gasteiger partial charge is 0.716 e. The van der Waals surface area contributed by atoms with Gasteiger partial charge in [-0.05, 0) is 26.0 Å². The zero-order valence-corrected chi connectivity index (χ0v) is 26.4. The Labute approximate surface area is 263 Å². The van der Waals surface area contributed by atoms with Crippen LogP contribution in [-0.4, -0.2) is 83.5 Å². The topological polar surface area (TPSA) is 185 Å². The Kier molecular flexibility index (Phi) is 9.91. The third-order valence-electron chi connectivity index (χ3n) is 7.07. The molecular weight excluding hydrogens is 630 g/mol. The van der Waals surface area contributed by atoms with Crippen LogP contribution in [0.5, 0.6) is 23.0 Å². The van der Waals surface area contributed by atoms with Gasteiger partial charge in [0.2, 0.25) is 0 Å². The van der Waals surface area contributed by atoms with Crippen LogP contribution in [0, 0.1) is 0 Å². The van der Waals surface area contributed by atoms with E-state index in [1.807, 2.05) is 0 Å². The first-order valence-electron chi connectivity index (χ1n) is 14.3. The van der Waals surface area contributed by atoms with Gasteiger partial charge >= 0.3 is 11.9 Å². The average molecular weight is 663 g/mol. The monoisotopic (exact) mass is 662 g/mol. The molecular formula is C30H32NO14S-. The van der Waals surface area contributed by atoms with Crippen molar-refractivity contribution in [1.82, 2.24) is 4.90 Å². The number of hydrogen-bond acceptors (Lipinski definition) is 15. The molecule has 1 aliphatic heterocycles. The van der Waals surface area contributed by atoms with Crippen LogP contribution in [0.4, 0.5) is 0 Å². The van der Waals surface area contributed by atoms with E-state index in [-0.39, 0.29) is 64.9 Å². The Morgan fingerprint density at radius 1 is 0.804 bits per heavy atom. The van der Waals surface area contributed by atoms with Gasteiger partial charge in [-0.15, -0.1) is 0 Å². The van der Waals surface area contributed by atoms with Crippen LogP contribution in [0.2, 0.25) is 0 Å². The lowest BCUT2D eigenvalue weighted by atomic mass is 10.1. The fourth-order valence-electron chi connectivity index (χ4n) is 5.09. The summed E-state index contributed by atoms with van der Waals surface area (Å²) in [5.41, 5.74) is 0.638. The van der Waals surface area contributed by atoms with Gasteiger partial charge in [0.15, 0.2) is 28.8 Å². The van der Waals surface area contributed by atoms with Gasteiger partial charge in [-0.1, -0.05) is 0 Å². The van der Waals surface area contributed by atoms with E-state index in [1.165, 1.54) is 20.3 Å². The Bertz CT molecular complexity index is 1850. The van der Waals surface area contributed by atoms with Gasteiger partial charge in [-0.2, -0.15) is 0 Å². The number of carbonyl (C=O) groups excluding carboxylic acids is 2. The van der Waals surface area contributed by atoms with Gasteiger partial charge < -0.3 is 46.0 Å². The lowest BCUT2D eigenvalue weighted by Crippen LogP contribution is -2.35. The number of benzene rings is 2. The van der Waals surface area contributed by atoms with Gasteiger partial charge in [0, 0.05) is 36.0 Å². The van der Waals surface area contributed by atoms with E-state index in [4.69, 9.17) is 37.3 Å². The van der Waals surface area contributed by atoms with Crippen molar-refractivity contribution in [3.63, 3.8) is 0 Å². The van der Waals surface area contributed by atoms with Crippen LogP contribution < -0.4 is 18.4 Å². The highest BCUT2D eigenvalue weighted by atomic mass is 32.3. The second-order valence-electron chi connectivity index (χ2n) is 9.91. The summed E-state index contributed by atoms with van der Waals surface area (Å²) in [6.07, 6.45) is 0. The number of ether oxygens (including phenoxy) is 6. The van der Waals surface area contributed by atoms with Gasteiger partial charge in [0.25, 0.3) is 10.4 Å². The molecule has 0 saturated carbocycles. The molecule has 46 heavy (non-hydrogen) atoms. The maximum Gasteiger partial charge on any atom is 0.342 e. The molecule has 2 aromatic carbocycles. The van der Waals surface area contributed by atoms with Crippen molar-refractivity contribution in [3.8, 4) is 23.0 Å². The summed E-state index contributed by atoms with van der Waals surface area (Å²) in [5, 5.41) is 0.518. The van der Waals surface area contributed by atoms with Crippen LogP contribution in [0.15, 0.2) is 33.1 Å². The van der Waals surface area contributed by atoms with Crippen LogP contribution in [0.3, 0.4) is 0 Å². The molecule has 4 aromatic rings. The van der Waals surface area contributed by atoms with E-state index in [0.29, 0.717) is 49.6 Å². The van der Waals surface area contributed by atoms with E-state index in [0.717, 1.165) is 6.07 Å². The molecule has 0 atom stereocenters. The second kappa shape index (κ2) is 13.9. The van der Waals surface area contributed by atoms with Crippen LogP contribution >= 0.6 is 0 Å². The maximum absolute atomic E-state index is 13.1. The zero-order chi connectivity index (χ0) is 33.0. The molecule has 0 unspecified atom stereocenters. The fraction of sp³-hybridized carbons (Fsp3) is 0.400. The summed E-state index contributed by atoms with van der Waals surface area (Å²) < 4.78 is 83.3. The van der Waals surface area contributed by atoms with Gasteiger partial charge in [0.05, 0.1) is 47.2 Å². The van der Waals surface area contributed by atoms with Crippen molar-refractivity contribution in [2.75, 3.05) is 53.7 Å². The number of nitrogens with zero attached hydrogens (tertiary/aromatic N) is 1. The molecule has 248 valence electrons. The summed E-state index contributed by atoms with van der Waals surface area (Å²) in [6.45, 7) is 5.98. The molecule has 0 bridgehead atoms. The highest BCUT2D eigenvalue weighted by Crippen LogP contribution is 2.40. The number of rotatable bonds is 13. The highest BCUT2D eigenvalue weighted by molar-refractivity contribution is 7.81. The van der Waals surface area contributed by atoms with Gasteiger partial charge in [0.1, 0.15) is 34.7 Å². The maximum atomic E-state index is 13.1. The van der Waals surface area contributed by atoms with E-state index in [9.17, 15) is 22.6 Å². The van der Waals surface area contributed by atoms with Gasteiger partial charge in [-0.25, -0.2) is 18.0 Å². The van der Waals surface area contributed by atoms with E-state index in [2.05, 4.69) is 9.08 Å². The van der Waals surface area contributed by atoms with Crippen molar-refractivity contribution in [2.24, 2.45) is 0 Å². The minimum Gasteiger partial charge on any atom is -0.716 e. The standard InChI is InChI=1S/C30H33NO14S/c1-5-40-29(32)27-17-11-23(21(37-3)13-19(17)43-25(27)15-31-7-9-39-10-8-31)42-16-26-28(30(33)41-6-2)18-12-24(45-46(34,35)36)22(38-4)14-20(18)44-26/h11-14H,5-10,15-16H2,1-4H3,(H,34,35,36)/p-1. The highest BCUT2D eigenvalue weighted by Gasteiger charge is 2.28. The molecule has 0 N–H and O–H groups in total. The smallest absolute Gasteiger partial charge is 0.342 e. The molecule has 0 spiro atoms. The Hall–Kier alpha value is -4.51. The first kappa shape index (κ1) is 32.9. The summed E-state index contributed by atoms with van der Waals surface area (Å²) >= 11 is 0. The number of methoxy groups -OCH3 is 2. The summed E-state index contributed by atoms with van der Waals surface area (Å²) in [5.74, 6) is -1.06. The summed E-state index contributed by atoms with van der Waals surface area (Å²) in [4.78, 5) is 28.3. The van der Waals surface area contributed by atoms with E-state index >= 15 is 0 Å². The molecule has 15 nitrogen and oxygen atoms in total. The van der Waals surface area contributed by atoms with Crippen molar-refractivity contribution >= 4 is 44.3 Å². The quantitative estimate of drug-likeness (QED) is 0.114. The molecule has 2 aromatic heterocycles. The number of morpholine rings is 1.